The minimum absolute atomic E-state index is 0.103. The van der Waals surface area contributed by atoms with E-state index < -0.39 is 12.0 Å². The Morgan fingerprint density at radius 3 is 2.68 bits per heavy atom. The summed E-state index contributed by atoms with van der Waals surface area (Å²) in [6.07, 6.45) is 0.963. The Hall–Kier alpha value is -3.50. The molecule has 1 aliphatic heterocycles. The number of aromatic nitrogens is 3. The van der Waals surface area contributed by atoms with E-state index in [1.165, 1.54) is 0 Å². The summed E-state index contributed by atoms with van der Waals surface area (Å²) in [5.74, 6) is 1.29. The average molecular weight is 509 g/mol. The topological polar surface area (TPSA) is 114 Å². The maximum Gasteiger partial charge on any atom is 0.282 e. The molecule has 37 heavy (non-hydrogen) atoms. The minimum atomic E-state index is -0.679. The number of amides is 1. The first-order chi connectivity index (χ1) is 17.7. The molecule has 2 aromatic heterocycles. The third kappa shape index (κ3) is 5.60. The molecule has 1 aromatic carbocycles. The zero-order chi connectivity index (χ0) is 26.7. The lowest BCUT2D eigenvalue weighted by molar-refractivity contribution is 0.0439. The summed E-state index contributed by atoms with van der Waals surface area (Å²) in [4.78, 5) is 28.5. The quantitative estimate of drug-likeness (QED) is 0.454. The predicted molar refractivity (Wildman–Crippen MR) is 142 cm³/mol. The minimum Gasteiger partial charge on any atom is -0.491 e. The Bertz CT molecular complexity index is 1340. The highest BCUT2D eigenvalue weighted by Crippen LogP contribution is 2.37. The highest BCUT2D eigenvalue weighted by molar-refractivity contribution is 5.97. The van der Waals surface area contributed by atoms with Crippen molar-refractivity contribution in [3.63, 3.8) is 0 Å². The highest BCUT2D eigenvalue weighted by Gasteiger charge is 2.22. The van der Waals surface area contributed by atoms with Gasteiger partial charge in [-0.05, 0) is 58.9 Å². The first kappa shape index (κ1) is 26.6. The Morgan fingerprint density at radius 1 is 1.24 bits per heavy atom. The fraction of sp³-hybridized carbons (Fsp3) is 0.481. The molecule has 4 rings (SSSR count). The van der Waals surface area contributed by atoms with Gasteiger partial charge in [0, 0.05) is 43.3 Å². The van der Waals surface area contributed by atoms with Crippen molar-refractivity contribution in [3.05, 3.63) is 47.3 Å². The number of benzene rings is 1. The number of aliphatic hydroxyl groups excluding tert-OH is 1. The van der Waals surface area contributed by atoms with Crippen LogP contribution in [0.5, 0.6) is 11.5 Å². The molecule has 0 saturated heterocycles. The highest BCUT2D eigenvalue weighted by atomic mass is 16.5. The summed E-state index contributed by atoms with van der Waals surface area (Å²) in [7, 11) is 1.55. The molecule has 10 nitrogen and oxygen atoms in total. The number of nitrogens with one attached hydrogen (secondary N) is 1. The molecule has 0 radical (unpaired) electrons. The second-order valence-corrected chi connectivity index (χ2v) is 9.73. The van der Waals surface area contributed by atoms with Crippen LogP contribution in [0.3, 0.4) is 0 Å². The van der Waals surface area contributed by atoms with Gasteiger partial charge in [-0.15, -0.1) is 0 Å². The molecule has 1 unspecified atom stereocenters. The molecular weight excluding hydrogens is 472 g/mol. The van der Waals surface area contributed by atoms with Crippen molar-refractivity contribution in [1.82, 2.24) is 19.4 Å². The van der Waals surface area contributed by atoms with E-state index in [-0.39, 0.29) is 12.2 Å². The van der Waals surface area contributed by atoms with Gasteiger partial charge in [-0.1, -0.05) is 0 Å². The van der Waals surface area contributed by atoms with Crippen LogP contribution in [0.2, 0.25) is 0 Å². The van der Waals surface area contributed by atoms with E-state index in [9.17, 15) is 9.90 Å². The fourth-order valence-electron chi connectivity index (χ4n) is 4.71. The number of pyridine rings is 1. The van der Waals surface area contributed by atoms with Crippen molar-refractivity contribution < 1.29 is 19.4 Å². The third-order valence-corrected chi connectivity index (χ3v) is 6.52. The van der Waals surface area contributed by atoms with Gasteiger partial charge in [0.25, 0.3) is 5.91 Å². The summed E-state index contributed by atoms with van der Waals surface area (Å²) in [5.41, 5.74) is 1.84. The van der Waals surface area contributed by atoms with Gasteiger partial charge in [0.1, 0.15) is 24.0 Å². The van der Waals surface area contributed by atoms with Gasteiger partial charge in [0.2, 0.25) is 5.62 Å². The SMILES string of the molecule is COc1c(OCC(O)CN(C(C)C)C(C)C)ccc2c3n(c(=NC(=O)c4cccnc4C)nc12)CCN3. The molecule has 1 amide bonds. The van der Waals surface area contributed by atoms with Gasteiger partial charge in [-0.25, -0.2) is 4.98 Å². The Morgan fingerprint density at radius 2 is 2.00 bits per heavy atom. The average Bonchev–Trinajstić information content (AvgIpc) is 3.36. The number of aryl methyl sites for hydroxylation is 1. The van der Waals surface area contributed by atoms with E-state index in [1.54, 1.807) is 32.4 Å². The smallest absolute Gasteiger partial charge is 0.282 e. The lowest BCUT2D eigenvalue weighted by Gasteiger charge is -2.32. The number of ether oxygens (including phenoxy) is 2. The van der Waals surface area contributed by atoms with E-state index >= 15 is 0 Å². The van der Waals surface area contributed by atoms with Gasteiger partial charge in [-0.2, -0.15) is 4.99 Å². The van der Waals surface area contributed by atoms with Crippen molar-refractivity contribution in [3.8, 4) is 11.5 Å². The Kier molecular flexibility index (Phi) is 8.09. The van der Waals surface area contributed by atoms with Gasteiger partial charge in [0.05, 0.1) is 18.4 Å². The molecule has 0 fully saturated rings. The van der Waals surface area contributed by atoms with Crippen LogP contribution in [-0.4, -0.2) is 75.4 Å². The number of aliphatic hydroxyl groups is 1. The second kappa shape index (κ2) is 11.3. The van der Waals surface area contributed by atoms with E-state index in [0.717, 1.165) is 11.2 Å². The number of carbonyl (C=O) groups excluding carboxylic acids is 1. The number of hydrogen-bond acceptors (Lipinski definition) is 8. The molecule has 0 aliphatic carbocycles. The molecule has 1 aliphatic rings. The summed E-state index contributed by atoms with van der Waals surface area (Å²) < 4.78 is 13.6. The maximum atomic E-state index is 13.0. The largest absolute Gasteiger partial charge is 0.491 e. The Labute approximate surface area is 217 Å². The predicted octanol–water partition coefficient (Wildman–Crippen LogP) is 2.77. The summed E-state index contributed by atoms with van der Waals surface area (Å²) >= 11 is 0. The molecule has 0 spiro atoms. The van der Waals surface area contributed by atoms with E-state index in [0.29, 0.717) is 60.0 Å². The van der Waals surface area contributed by atoms with Crippen LogP contribution in [0.15, 0.2) is 35.5 Å². The fourth-order valence-corrected chi connectivity index (χ4v) is 4.71. The van der Waals surface area contributed by atoms with Gasteiger partial charge < -0.3 is 19.9 Å². The Balaban J connectivity index is 1.69. The van der Waals surface area contributed by atoms with E-state index in [1.807, 2.05) is 16.7 Å². The lowest BCUT2D eigenvalue weighted by atomic mass is 10.2. The molecule has 0 saturated carbocycles. The van der Waals surface area contributed by atoms with Crippen molar-refractivity contribution in [2.45, 2.75) is 59.4 Å². The number of rotatable bonds is 9. The van der Waals surface area contributed by atoms with Crippen molar-refractivity contribution >= 4 is 22.6 Å². The molecule has 0 bridgehead atoms. The number of nitrogens with zero attached hydrogens (tertiary/aromatic N) is 5. The molecule has 3 aromatic rings. The molecule has 1 atom stereocenters. The zero-order valence-electron chi connectivity index (χ0n) is 22.4. The molecule has 3 heterocycles. The maximum absolute atomic E-state index is 13.0. The zero-order valence-corrected chi connectivity index (χ0v) is 22.4. The van der Waals surface area contributed by atoms with Crippen LogP contribution in [0.25, 0.3) is 10.9 Å². The number of carbonyl (C=O) groups is 1. The second-order valence-electron chi connectivity index (χ2n) is 9.73. The summed E-state index contributed by atoms with van der Waals surface area (Å²) in [5, 5.41) is 14.9. The molecule has 10 heteroatoms. The van der Waals surface area contributed by atoms with Gasteiger partial charge in [-0.3, -0.25) is 19.2 Å². The number of anilines is 1. The molecular formula is C27H36N6O4. The van der Waals surface area contributed by atoms with Crippen molar-refractivity contribution in [2.24, 2.45) is 4.99 Å². The first-order valence-corrected chi connectivity index (χ1v) is 12.6. The van der Waals surface area contributed by atoms with Crippen molar-refractivity contribution in [2.75, 3.05) is 32.1 Å². The monoisotopic (exact) mass is 508 g/mol. The van der Waals surface area contributed by atoms with E-state index in [2.05, 4.69) is 47.9 Å². The lowest BCUT2D eigenvalue weighted by Crippen LogP contribution is -2.43. The number of methoxy groups -OCH3 is 1. The number of hydrogen-bond donors (Lipinski definition) is 2. The van der Waals surface area contributed by atoms with Gasteiger partial charge in [0.15, 0.2) is 11.5 Å². The third-order valence-electron chi connectivity index (χ3n) is 6.52. The van der Waals surface area contributed by atoms with E-state index in [4.69, 9.17) is 14.5 Å². The summed E-state index contributed by atoms with van der Waals surface area (Å²) in [6.45, 7) is 12.1. The standard InChI is InChI=1S/C27H36N6O4/c1-16(2)33(17(3)4)14-19(34)15-37-22-10-9-21-23(24(22)36-6)30-27(32-13-12-29-25(21)32)31-26(35)20-8-7-11-28-18(20)5/h7-11,16-17,19,29,34H,12-15H2,1-6H3. The van der Waals surface area contributed by atoms with Crippen LogP contribution in [0, 0.1) is 6.92 Å². The van der Waals surface area contributed by atoms with Crippen LogP contribution in [0.1, 0.15) is 43.7 Å². The van der Waals surface area contributed by atoms with Crippen LogP contribution in [-0.2, 0) is 6.54 Å². The summed E-state index contributed by atoms with van der Waals surface area (Å²) in [6, 6.07) is 7.76. The van der Waals surface area contributed by atoms with Crippen LogP contribution in [0.4, 0.5) is 5.82 Å². The van der Waals surface area contributed by atoms with Crippen LogP contribution >= 0.6 is 0 Å². The van der Waals surface area contributed by atoms with Crippen LogP contribution < -0.4 is 20.4 Å². The normalized spacial score (nSPS) is 14.4. The van der Waals surface area contributed by atoms with Crippen molar-refractivity contribution in [1.29, 1.82) is 0 Å². The number of fused-ring (bicyclic) bond motifs is 3. The first-order valence-electron chi connectivity index (χ1n) is 12.6. The molecule has 2 N–H and O–H groups in total. The van der Waals surface area contributed by atoms with Gasteiger partial charge >= 0.3 is 0 Å². The molecule has 198 valence electrons.